The molecule has 0 aromatic carbocycles. The summed E-state index contributed by atoms with van der Waals surface area (Å²) in [5.74, 6) is -0.549. The second-order valence-electron chi connectivity index (χ2n) is 14.5. The van der Waals surface area contributed by atoms with E-state index in [1.54, 1.807) is 0 Å². The van der Waals surface area contributed by atoms with Crippen LogP contribution in [-0.4, -0.2) is 135 Å². The third-order valence-corrected chi connectivity index (χ3v) is 8.25. The Balaban J connectivity index is 2.41. The minimum atomic E-state index is -1.93. The molecule has 0 aromatic rings. The zero-order chi connectivity index (χ0) is 35.5. The Morgan fingerprint density at radius 3 is 2.09 bits per heavy atom. The number of carbonyl (C=O) groups excluding carboxylic acids is 2. The van der Waals surface area contributed by atoms with Crippen LogP contribution in [0.2, 0.25) is 0 Å². The predicted molar refractivity (Wildman–Crippen MR) is 168 cm³/mol. The van der Waals surface area contributed by atoms with Crippen LogP contribution in [0.5, 0.6) is 0 Å². The summed E-state index contributed by atoms with van der Waals surface area (Å²) in [6, 6.07) is 0. The number of ether oxygens (including phenoxy) is 2. The summed E-state index contributed by atoms with van der Waals surface area (Å²) in [5.41, 5.74) is -0.871. The van der Waals surface area contributed by atoms with Gasteiger partial charge in [0.1, 0.15) is 42.7 Å². The van der Waals surface area contributed by atoms with Gasteiger partial charge in [0.05, 0.1) is 24.3 Å². The van der Waals surface area contributed by atoms with Crippen LogP contribution >= 0.6 is 0 Å². The van der Waals surface area contributed by atoms with Gasteiger partial charge in [0.2, 0.25) is 5.91 Å². The van der Waals surface area contributed by atoms with E-state index < -0.39 is 79.7 Å². The number of nitrogens with zero attached hydrogens (tertiary/aromatic N) is 1. The molecule has 15 nitrogen and oxygen atoms in total. The molecule has 0 aliphatic carbocycles. The van der Waals surface area contributed by atoms with Gasteiger partial charge in [0.15, 0.2) is 12.9 Å². The molecule has 1 aliphatic heterocycles. The highest BCUT2D eigenvalue weighted by Crippen LogP contribution is 2.46. The van der Waals surface area contributed by atoms with Crippen molar-refractivity contribution in [3.05, 3.63) is 0 Å². The number of nitrogens with one attached hydrogen (secondary N) is 2. The number of aliphatic hydroxyl groups excluding tert-OH is 7. The zero-order valence-corrected chi connectivity index (χ0v) is 28.5. The maximum Gasteiger partial charge on any atom is 0.260 e. The van der Waals surface area contributed by atoms with E-state index in [-0.39, 0.29) is 23.3 Å². The topological polar surface area (TPSA) is 240 Å². The van der Waals surface area contributed by atoms with Gasteiger partial charge in [-0.05, 0) is 30.1 Å². The number of rotatable bonds is 18. The van der Waals surface area contributed by atoms with Gasteiger partial charge in [-0.1, -0.05) is 67.0 Å². The monoisotopic (exact) mass is 665 g/mol. The van der Waals surface area contributed by atoms with Crippen LogP contribution in [0.4, 0.5) is 0 Å². The highest BCUT2D eigenvalue weighted by atomic mass is 16.7. The zero-order valence-electron chi connectivity index (χ0n) is 28.5. The summed E-state index contributed by atoms with van der Waals surface area (Å²) < 4.78 is 10.7. The lowest BCUT2D eigenvalue weighted by Crippen LogP contribution is -2.58. The Kier molecular flexibility index (Phi) is 17.0. The quantitative estimate of drug-likeness (QED) is 0.0495. The summed E-state index contributed by atoms with van der Waals surface area (Å²) in [6.07, 6.45) is -11.2. The molecule has 270 valence electrons. The van der Waals surface area contributed by atoms with Crippen molar-refractivity contribution in [1.29, 1.82) is 0 Å². The Morgan fingerprint density at radius 1 is 0.913 bits per heavy atom. The van der Waals surface area contributed by atoms with Crippen LogP contribution < -0.4 is 10.6 Å². The molecule has 15 heteroatoms. The molecule has 0 bridgehead atoms. The smallest absolute Gasteiger partial charge is 0.260 e. The Labute approximate surface area is 272 Å². The van der Waals surface area contributed by atoms with Crippen LogP contribution in [0, 0.1) is 16.2 Å². The van der Waals surface area contributed by atoms with E-state index >= 15 is 0 Å². The van der Waals surface area contributed by atoms with Crippen molar-refractivity contribution < 1.29 is 59.6 Å². The fraction of sp³-hybridized carbons (Fsp3) is 0.903. The number of aliphatic hydroxyl groups is 7. The van der Waals surface area contributed by atoms with Crippen LogP contribution in [0.25, 0.3) is 0 Å². The Bertz CT molecular complexity index is 956. The van der Waals surface area contributed by atoms with E-state index in [0.717, 1.165) is 6.21 Å². The third kappa shape index (κ3) is 12.9. The first kappa shape index (κ1) is 42.1. The first-order valence-electron chi connectivity index (χ1n) is 15.9. The lowest BCUT2D eigenvalue weighted by atomic mass is 9.61. The van der Waals surface area contributed by atoms with Crippen molar-refractivity contribution in [2.24, 2.45) is 21.4 Å². The lowest BCUT2D eigenvalue weighted by molar-refractivity contribution is -0.303. The fourth-order valence-electron chi connectivity index (χ4n) is 5.10. The van der Waals surface area contributed by atoms with Gasteiger partial charge in [0.25, 0.3) is 5.91 Å². The van der Waals surface area contributed by atoms with Crippen LogP contribution in [0.1, 0.15) is 81.1 Å². The van der Waals surface area contributed by atoms with E-state index in [4.69, 9.17) is 14.3 Å². The third-order valence-electron chi connectivity index (χ3n) is 8.25. The number of oxime groups is 1. The average Bonchev–Trinajstić information content (AvgIpc) is 2.96. The molecule has 1 rings (SSSR count). The predicted octanol–water partition coefficient (Wildman–Crippen LogP) is -0.832. The SMILES string of the molecule is CCCC1OC(OCC(O)C(O)C(O)C(O)/C=N/OCC(=O)NCCCNC(=O)C(C)(CC(C)(C)C)C(C)(C)C)C(O)C(O)C1O. The lowest BCUT2D eigenvalue weighted by Gasteiger charge is -2.44. The molecule has 9 N–H and O–H groups in total. The highest BCUT2D eigenvalue weighted by Gasteiger charge is 2.46. The molecular weight excluding hydrogens is 606 g/mol. The molecular formula is C31H59N3O12. The van der Waals surface area contributed by atoms with Gasteiger partial charge in [-0.3, -0.25) is 9.59 Å². The maximum atomic E-state index is 13.1. The Hall–Kier alpha value is -1.95. The minimum Gasteiger partial charge on any atom is -0.388 e. The Morgan fingerprint density at radius 2 is 1.52 bits per heavy atom. The summed E-state index contributed by atoms with van der Waals surface area (Å²) >= 11 is 0. The summed E-state index contributed by atoms with van der Waals surface area (Å²) in [7, 11) is 0. The second kappa shape index (κ2) is 18.6. The van der Waals surface area contributed by atoms with Crippen molar-refractivity contribution in [2.75, 3.05) is 26.3 Å². The molecule has 0 radical (unpaired) electrons. The molecule has 10 atom stereocenters. The molecule has 10 unspecified atom stereocenters. The van der Waals surface area contributed by atoms with Gasteiger partial charge in [-0.2, -0.15) is 0 Å². The largest absolute Gasteiger partial charge is 0.388 e. The summed E-state index contributed by atoms with van der Waals surface area (Å²) in [6.45, 7) is 15.7. The fourth-order valence-corrected chi connectivity index (χ4v) is 5.10. The summed E-state index contributed by atoms with van der Waals surface area (Å²) in [5, 5.41) is 79.8. The standard InChI is InChI=1S/C31H59N3O12/c1-9-11-20-24(40)25(41)26(42)27(46-20)44-15-19(36)23(39)22(38)18(35)14-34-45-16-21(37)32-12-10-13-33-28(43)31(8,30(5,6)7)17-29(2,3)4/h14,18-20,22-27,35-36,38-42H,9-13,15-17H2,1-8H3,(H,32,37)(H,33,43)/b34-14+. The van der Waals surface area contributed by atoms with Crippen molar-refractivity contribution in [3.63, 3.8) is 0 Å². The molecule has 1 heterocycles. The molecule has 0 saturated carbocycles. The summed E-state index contributed by atoms with van der Waals surface area (Å²) in [4.78, 5) is 29.9. The first-order chi connectivity index (χ1) is 21.2. The van der Waals surface area contributed by atoms with Crippen molar-refractivity contribution >= 4 is 18.0 Å². The van der Waals surface area contributed by atoms with Crippen molar-refractivity contribution in [2.45, 2.75) is 136 Å². The van der Waals surface area contributed by atoms with E-state index in [2.05, 4.69) is 36.6 Å². The number of carbonyl (C=O) groups is 2. The number of hydrogen-bond donors (Lipinski definition) is 9. The second-order valence-corrected chi connectivity index (χ2v) is 14.5. The van der Waals surface area contributed by atoms with E-state index in [0.29, 0.717) is 32.2 Å². The van der Waals surface area contributed by atoms with Crippen LogP contribution in [0.15, 0.2) is 5.16 Å². The van der Waals surface area contributed by atoms with E-state index in [9.17, 15) is 45.3 Å². The van der Waals surface area contributed by atoms with Gasteiger partial charge in [-0.25, -0.2) is 0 Å². The van der Waals surface area contributed by atoms with Gasteiger partial charge in [0, 0.05) is 13.1 Å². The number of hydrogen-bond acceptors (Lipinski definition) is 13. The number of amides is 2. The van der Waals surface area contributed by atoms with Crippen molar-refractivity contribution in [3.8, 4) is 0 Å². The first-order valence-corrected chi connectivity index (χ1v) is 15.9. The molecule has 1 fully saturated rings. The minimum absolute atomic E-state index is 0.0355. The van der Waals surface area contributed by atoms with E-state index in [1.165, 1.54) is 0 Å². The van der Waals surface area contributed by atoms with Gasteiger partial charge in [-0.15, -0.1) is 0 Å². The van der Waals surface area contributed by atoms with Gasteiger partial charge >= 0.3 is 0 Å². The molecule has 1 saturated heterocycles. The van der Waals surface area contributed by atoms with Crippen LogP contribution in [-0.2, 0) is 23.9 Å². The van der Waals surface area contributed by atoms with E-state index in [1.807, 2.05) is 34.6 Å². The van der Waals surface area contributed by atoms with Crippen LogP contribution in [0.3, 0.4) is 0 Å². The molecule has 0 aromatic heterocycles. The molecule has 2 amide bonds. The molecule has 0 spiro atoms. The highest BCUT2D eigenvalue weighted by molar-refractivity contribution is 5.83. The van der Waals surface area contributed by atoms with Crippen molar-refractivity contribution in [1.82, 2.24) is 10.6 Å². The molecule has 46 heavy (non-hydrogen) atoms. The average molecular weight is 666 g/mol. The van der Waals surface area contributed by atoms with Gasteiger partial charge < -0.3 is 60.7 Å². The maximum absolute atomic E-state index is 13.1. The normalized spacial score (nSPS) is 26.5. The molecule has 1 aliphatic rings.